The second kappa shape index (κ2) is 7.61. The van der Waals surface area contributed by atoms with E-state index in [0.29, 0.717) is 19.5 Å². The van der Waals surface area contributed by atoms with Crippen LogP contribution in [-0.4, -0.2) is 22.0 Å². The highest BCUT2D eigenvalue weighted by Crippen LogP contribution is 2.05. The standard InChI is InChI=1S/C19H18FN3O2/c20-16-8-4-7-14(11-16)9-10-21-18(24)17-12-22-19(25)23(17)13-15-5-2-1-3-6-15/h1-8,11-12H,9-10,13H2,(H,21,24)(H,22,25). The lowest BCUT2D eigenvalue weighted by Gasteiger charge is -2.08. The first-order valence-corrected chi connectivity index (χ1v) is 7.98. The van der Waals surface area contributed by atoms with Crippen molar-refractivity contribution in [1.29, 1.82) is 0 Å². The van der Waals surface area contributed by atoms with Crippen LogP contribution in [-0.2, 0) is 13.0 Å². The Kier molecular flexibility index (Phi) is 5.09. The number of imidazole rings is 1. The highest BCUT2D eigenvalue weighted by atomic mass is 19.1. The molecule has 0 spiro atoms. The molecule has 0 bridgehead atoms. The Morgan fingerprint density at radius 3 is 2.60 bits per heavy atom. The molecule has 3 aromatic rings. The quantitative estimate of drug-likeness (QED) is 0.724. The van der Waals surface area contributed by atoms with Crippen molar-refractivity contribution in [2.45, 2.75) is 13.0 Å². The van der Waals surface area contributed by atoms with E-state index in [2.05, 4.69) is 10.3 Å². The predicted octanol–water partition coefficient (Wildman–Crippen LogP) is 2.34. The molecule has 0 fully saturated rings. The molecule has 3 rings (SSSR count). The second-order valence-corrected chi connectivity index (χ2v) is 5.69. The van der Waals surface area contributed by atoms with Gasteiger partial charge in [0.15, 0.2) is 0 Å². The first kappa shape index (κ1) is 16.7. The normalized spacial score (nSPS) is 10.6. The largest absolute Gasteiger partial charge is 0.350 e. The number of hydrogen-bond acceptors (Lipinski definition) is 2. The number of carbonyl (C=O) groups is 1. The average Bonchev–Trinajstić information content (AvgIpc) is 2.97. The number of nitrogens with one attached hydrogen (secondary N) is 2. The van der Waals surface area contributed by atoms with Crippen LogP contribution in [0.5, 0.6) is 0 Å². The summed E-state index contributed by atoms with van der Waals surface area (Å²) in [6.07, 6.45) is 1.92. The molecular weight excluding hydrogens is 321 g/mol. The number of benzene rings is 2. The molecule has 0 aliphatic rings. The summed E-state index contributed by atoms with van der Waals surface area (Å²) in [4.78, 5) is 26.9. The van der Waals surface area contributed by atoms with Crippen LogP contribution in [0.4, 0.5) is 4.39 Å². The number of hydrogen-bond donors (Lipinski definition) is 2. The summed E-state index contributed by atoms with van der Waals surface area (Å²) in [5, 5.41) is 2.77. The monoisotopic (exact) mass is 339 g/mol. The minimum Gasteiger partial charge on any atom is -0.350 e. The summed E-state index contributed by atoms with van der Waals surface area (Å²) < 4.78 is 14.5. The molecule has 0 aliphatic carbocycles. The number of nitrogens with zero attached hydrogens (tertiary/aromatic N) is 1. The lowest BCUT2D eigenvalue weighted by atomic mass is 10.1. The van der Waals surface area contributed by atoms with Crippen molar-refractivity contribution < 1.29 is 9.18 Å². The third-order valence-corrected chi connectivity index (χ3v) is 3.87. The van der Waals surface area contributed by atoms with Crippen LogP contribution in [0, 0.1) is 5.82 Å². The zero-order valence-electron chi connectivity index (χ0n) is 13.5. The van der Waals surface area contributed by atoms with Crippen molar-refractivity contribution >= 4 is 5.91 Å². The molecule has 2 aromatic carbocycles. The zero-order valence-corrected chi connectivity index (χ0v) is 13.5. The molecule has 0 saturated carbocycles. The van der Waals surface area contributed by atoms with Crippen LogP contribution >= 0.6 is 0 Å². The van der Waals surface area contributed by atoms with Crippen molar-refractivity contribution in [3.63, 3.8) is 0 Å². The molecule has 0 saturated heterocycles. The van der Waals surface area contributed by atoms with Crippen molar-refractivity contribution in [2.24, 2.45) is 0 Å². The zero-order chi connectivity index (χ0) is 17.6. The van der Waals surface area contributed by atoms with Gasteiger partial charge >= 0.3 is 5.69 Å². The van der Waals surface area contributed by atoms with Crippen LogP contribution in [0.15, 0.2) is 65.6 Å². The third-order valence-electron chi connectivity index (χ3n) is 3.87. The molecule has 1 heterocycles. The predicted molar refractivity (Wildman–Crippen MR) is 93.0 cm³/mol. The van der Waals surface area contributed by atoms with E-state index < -0.39 is 0 Å². The Hall–Kier alpha value is -3.15. The van der Waals surface area contributed by atoms with Crippen molar-refractivity contribution in [1.82, 2.24) is 14.9 Å². The van der Waals surface area contributed by atoms with Crippen molar-refractivity contribution in [2.75, 3.05) is 6.54 Å². The molecule has 128 valence electrons. The summed E-state index contributed by atoms with van der Waals surface area (Å²) in [6, 6.07) is 15.7. The van der Waals surface area contributed by atoms with E-state index in [9.17, 15) is 14.0 Å². The van der Waals surface area contributed by atoms with Gasteiger partial charge in [0.05, 0.1) is 6.54 Å². The summed E-state index contributed by atoms with van der Waals surface area (Å²) in [6.45, 7) is 0.669. The summed E-state index contributed by atoms with van der Waals surface area (Å²) in [7, 11) is 0. The summed E-state index contributed by atoms with van der Waals surface area (Å²) >= 11 is 0. The van der Waals surface area contributed by atoms with Gasteiger partial charge in [0.25, 0.3) is 5.91 Å². The highest BCUT2D eigenvalue weighted by molar-refractivity contribution is 5.92. The average molecular weight is 339 g/mol. The van der Waals surface area contributed by atoms with Gasteiger partial charge in [-0.05, 0) is 29.7 Å². The van der Waals surface area contributed by atoms with Crippen LogP contribution in [0.1, 0.15) is 21.6 Å². The number of H-pyrrole nitrogens is 1. The fourth-order valence-electron chi connectivity index (χ4n) is 2.61. The summed E-state index contributed by atoms with van der Waals surface area (Å²) in [5.41, 5.74) is 1.67. The van der Waals surface area contributed by atoms with Crippen LogP contribution in [0.3, 0.4) is 0 Å². The van der Waals surface area contributed by atoms with E-state index >= 15 is 0 Å². The van der Waals surface area contributed by atoms with Gasteiger partial charge in [0.2, 0.25) is 0 Å². The fourth-order valence-corrected chi connectivity index (χ4v) is 2.61. The maximum Gasteiger partial charge on any atom is 0.326 e. The van der Waals surface area contributed by atoms with Gasteiger partial charge in [-0.2, -0.15) is 0 Å². The van der Waals surface area contributed by atoms with Gasteiger partial charge in [-0.15, -0.1) is 0 Å². The number of amides is 1. The molecule has 0 unspecified atom stereocenters. The first-order chi connectivity index (χ1) is 12.1. The van der Waals surface area contributed by atoms with Crippen LogP contribution < -0.4 is 11.0 Å². The molecule has 1 amide bonds. The lowest BCUT2D eigenvalue weighted by Crippen LogP contribution is -2.30. The topological polar surface area (TPSA) is 66.9 Å². The molecular formula is C19H18FN3O2. The second-order valence-electron chi connectivity index (χ2n) is 5.69. The third kappa shape index (κ3) is 4.23. The molecule has 1 aromatic heterocycles. The number of rotatable bonds is 6. The number of aromatic amines is 1. The van der Waals surface area contributed by atoms with Crippen molar-refractivity contribution in [3.8, 4) is 0 Å². The van der Waals surface area contributed by atoms with Gasteiger partial charge in [0, 0.05) is 12.7 Å². The van der Waals surface area contributed by atoms with Gasteiger partial charge in [0.1, 0.15) is 11.5 Å². The molecule has 25 heavy (non-hydrogen) atoms. The van der Waals surface area contributed by atoms with E-state index in [4.69, 9.17) is 0 Å². The van der Waals surface area contributed by atoms with E-state index in [1.807, 2.05) is 30.3 Å². The van der Waals surface area contributed by atoms with E-state index in [1.165, 1.54) is 22.9 Å². The Balaban J connectivity index is 1.65. The Morgan fingerprint density at radius 2 is 1.84 bits per heavy atom. The van der Waals surface area contributed by atoms with E-state index in [1.54, 1.807) is 12.1 Å². The van der Waals surface area contributed by atoms with Gasteiger partial charge < -0.3 is 10.3 Å². The fraction of sp³-hybridized carbons (Fsp3) is 0.158. The summed E-state index contributed by atoms with van der Waals surface area (Å²) in [5.74, 6) is -0.642. The molecule has 6 heteroatoms. The van der Waals surface area contributed by atoms with Gasteiger partial charge in [-0.25, -0.2) is 9.18 Å². The van der Waals surface area contributed by atoms with Crippen LogP contribution in [0.2, 0.25) is 0 Å². The molecule has 0 aliphatic heterocycles. The first-order valence-electron chi connectivity index (χ1n) is 7.98. The number of carbonyl (C=O) groups excluding carboxylic acids is 1. The van der Waals surface area contributed by atoms with E-state index in [-0.39, 0.29) is 23.1 Å². The van der Waals surface area contributed by atoms with E-state index in [0.717, 1.165) is 11.1 Å². The Morgan fingerprint density at radius 1 is 1.08 bits per heavy atom. The maximum absolute atomic E-state index is 13.2. The maximum atomic E-state index is 13.2. The Bertz CT molecular complexity index is 916. The highest BCUT2D eigenvalue weighted by Gasteiger charge is 2.14. The Labute approximate surface area is 144 Å². The van der Waals surface area contributed by atoms with Crippen molar-refractivity contribution in [3.05, 3.63) is 93.9 Å². The molecule has 0 atom stereocenters. The molecule has 2 N–H and O–H groups in total. The molecule has 0 radical (unpaired) electrons. The van der Waals surface area contributed by atoms with Crippen LogP contribution in [0.25, 0.3) is 0 Å². The minimum absolute atomic E-state index is 0.271. The SMILES string of the molecule is O=C(NCCc1cccc(F)c1)c1c[nH]c(=O)n1Cc1ccccc1. The number of halogens is 1. The lowest BCUT2D eigenvalue weighted by molar-refractivity contribution is 0.0945. The minimum atomic E-state index is -0.342. The smallest absolute Gasteiger partial charge is 0.326 e. The molecule has 5 nitrogen and oxygen atoms in total. The van der Waals surface area contributed by atoms with Gasteiger partial charge in [-0.1, -0.05) is 42.5 Å². The van der Waals surface area contributed by atoms with Gasteiger partial charge in [-0.3, -0.25) is 9.36 Å². The number of aromatic nitrogens is 2.